The van der Waals surface area contributed by atoms with E-state index in [0.29, 0.717) is 19.6 Å². The van der Waals surface area contributed by atoms with Gasteiger partial charge in [0.15, 0.2) is 5.65 Å². The number of nitrogens with zero attached hydrogens (tertiary/aromatic N) is 5. The zero-order valence-corrected chi connectivity index (χ0v) is 22.1. The molecule has 4 aromatic rings. The Labute approximate surface area is 222 Å². The number of benzene rings is 2. The lowest BCUT2D eigenvalue weighted by Crippen LogP contribution is -2.41. The second-order valence-corrected chi connectivity index (χ2v) is 10.5. The molecule has 8 nitrogen and oxygen atoms in total. The Morgan fingerprint density at radius 1 is 1.03 bits per heavy atom. The Kier molecular flexibility index (Phi) is 7.13. The summed E-state index contributed by atoms with van der Waals surface area (Å²) < 4.78 is 13.5. The van der Waals surface area contributed by atoms with Crippen LogP contribution in [0.2, 0.25) is 0 Å². The van der Waals surface area contributed by atoms with Gasteiger partial charge in [0.1, 0.15) is 22.8 Å². The normalized spacial score (nSPS) is 14.4. The monoisotopic (exact) mass is 511 g/mol. The van der Waals surface area contributed by atoms with Crippen LogP contribution in [0.4, 0.5) is 4.79 Å². The van der Waals surface area contributed by atoms with E-state index in [4.69, 9.17) is 14.6 Å². The number of amides is 1. The zero-order valence-electron chi connectivity index (χ0n) is 22.1. The molecule has 0 atom stereocenters. The highest BCUT2D eigenvalue weighted by Crippen LogP contribution is 2.33. The van der Waals surface area contributed by atoms with Gasteiger partial charge in [0.05, 0.1) is 6.54 Å². The molecular weight excluding hydrogens is 478 g/mol. The predicted octanol–water partition coefficient (Wildman–Crippen LogP) is 6.50. The van der Waals surface area contributed by atoms with E-state index in [1.165, 1.54) is 0 Å². The van der Waals surface area contributed by atoms with Crippen molar-refractivity contribution >= 4 is 18.5 Å². The first-order valence-corrected chi connectivity index (χ1v) is 12.9. The fraction of sp³-hybridized carbons (Fsp3) is 0.333. The maximum Gasteiger partial charge on any atom is 0.410 e. The maximum absolute atomic E-state index is 12.5. The molecule has 1 fully saturated rings. The average Bonchev–Trinajstić information content (AvgIpc) is 3.28. The Morgan fingerprint density at radius 3 is 2.37 bits per heavy atom. The lowest BCUT2D eigenvalue weighted by Gasteiger charge is -2.33. The number of fused-ring (bicyclic) bond motifs is 1. The Bertz CT molecular complexity index is 1420. The second kappa shape index (κ2) is 10.7. The van der Waals surface area contributed by atoms with Crippen LogP contribution in [0.15, 0.2) is 71.9 Å². The fourth-order valence-electron chi connectivity index (χ4n) is 4.80. The first-order chi connectivity index (χ1) is 18.3. The summed E-state index contributed by atoms with van der Waals surface area (Å²) in [6.07, 6.45) is 3.23. The van der Waals surface area contributed by atoms with Crippen LogP contribution in [-0.2, 0) is 11.3 Å². The average molecular weight is 512 g/mol. The van der Waals surface area contributed by atoms with Crippen LogP contribution in [0.3, 0.4) is 0 Å². The Balaban J connectivity index is 1.40. The number of aromatic nitrogens is 3. The molecule has 2 aromatic carbocycles. The van der Waals surface area contributed by atoms with E-state index in [9.17, 15) is 4.79 Å². The lowest BCUT2D eigenvalue weighted by atomic mass is 9.93. The topological polar surface area (TPSA) is 81.3 Å². The maximum atomic E-state index is 12.5. The van der Waals surface area contributed by atoms with Gasteiger partial charge in [-0.2, -0.15) is 5.10 Å². The SMILES string of the molecule is C=NCc1c(-c2ccc(Oc3ccccc3)cc2)nn2c(C3CCN(C(=O)OC(C)(C)C)CC3)ccnc12. The van der Waals surface area contributed by atoms with Crippen LogP contribution in [-0.4, -0.2) is 51.0 Å². The van der Waals surface area contributed by atoms with Gasteiger partial charge in [-0.3, -0.25) is 4.99 Å². The zero-order chi connectivity index (χ0) is 26.7. The van der Waals surface area contributed by atoms with Gasteiger partial charge >= 0.3 is 6.09 Å². The molecule has 38 heavy (non-hydrogen) atoms. The molecule has 0 spiro atoms. The van der Waals surface area contributed by atoms with Crippen LogP contribution < -0.4 is 4.74 Å². The van der Waals surface area contributed by atoms with E-state index in [1.807, 2.05) is 92.1 Å². The number of hydrogen-bond acceptors (Lipinski definition) is 6. The predicted molar refractivity (Wildman–Crippen MR) is 148 cm³/mol. The van der Waals surface area contributed by atoms with Crippen LogP contribution in [0, 0.1) is 0 Å². The minimum atomic E-state index is -0.502. The first-order valence-electron chi connectivity index (χ1n) is 12.9. The van der Waals surface area contributed by atoms with Crippen molar-refractivity contribution in [2.45, 2.75) is 51.7 Å². The molecule has 0 bridgehead atoms. The molecule has 196 valence electrons. The van der Waals surface area contributed by atoms with E-state index < -0.39 is 5.60 Å². The van der Waals surface area contributed by atoms with Gasteiger partial charge in [-0.15, -0.1) is 0 Å². The van der Waals surface area contributed by atoms with Crippen LogP contribution in [0.5, 0.6) is 11.5 Å². The number of aliphatic imine (C=N–C) groups is 1. The van der Waals surface area contributed by atoms with Gasteiger partial charge in [-0.05, 0) is 82.8 Å². The summed E-state index contributed by atoms with van der Waals surface area (Å²) in [5, 5.41) is 5.01. The van der Waals surface area contributed by atoms with E-state index in [-0.39, 0.29) is 12.0 Å². The van der Waals surface area contributed by atoms with Gasteiger partial charge in [-0.1, -0.05) is 18.2 Å². The van der Waals surface area contributed by atoms with Crippen molar-refractivity contribution in [1.82, 2.24) is 19.5 Å². The highest BCUT2D eigenvalue weighted by atomic mass is 16.6. The minimum Gasteiger partial charge on any atom is -0.457 e. The summed E-state index contributed by atoms with van der Waals surface area (Å²) in [4.78, 5) is 23.1. The minimum absolute atomic E-state index is 0.248. The third kappa shape index (κ3) is 5.54. The number of ether oxygens (including phenoxy) is 2. The summed E-state index contributed by atoms with van der Waals surface area (Å²) in [6.45, 7) is 11.1. The first kappa shape index (κ1) is 25.4. The Morgan fingerprint density at radius 2 is 1.71 bits per heavy atom. The van der Waals surface area contributed by atoms with E-state index >= 15 is 0 Å². The molecule has 1 saturated heterocycles. The number of likely N-dealkylation sites (tertiary alicyclic amines) is 1. The smallest absolute Gasteiger partial charge is 0.410 e. The van der Waals surface area contributed by atoms with E-state index in [0.717, 1.165) is 52.5 Å². The van der Waals surface area contributed by atoms with Gasteiger partial charge in [0.2, 0.25) is 0 Å². The van der Waals surface area contributed by atoms with Gasteiger partial charge in [-0.25, -0.2) is 14.3 Å². The van der Waals surface area contributed by atoms with Crippen molar-refractivity contribution in [3.8, 4) is 22.8 Å². The largest absolute Gasteiger partial charge is 0.457 e. The standard InChI is InChI=1S/C30H33N5O3/c1-30(2,3)38-29(36)34-18-15-21(16-19-34)26-14-17-32-28-25(20-31-4)27(33-35(26)28)22-10-12-24(13-11-22)37-23-8-6-5-7-9-23/h5-14,17,21H,4,15-16,18-20H2,1-3H3. The van der Waals surface area contributed by atoms with Crippen molar-refractivity contribution in [3.63, 3.8) is 0 Å². The summed E-state index contributed by atoms with van der Waals surface area (Å²) in [5.74, 6) is 1.79. The van der Waals surface area contributed by atoms with Gasteiger partial charge < -0.3 is 14.4 Å². The third-order valence-corrected chi connectivity index (χ3v) is 6.58. The number of para-hydroxylation sites is 1. The summed E-state index contributed by atoms with van der Waals surface area (Å²) in [7, 11) is 0. The van der Waals surface area contributed by atoms with E-state index in [1.54, 1.807) is 4.90 Å². The molecule has 8 heteroatoms. The molecule has 0 unspecified atom stereocenters. The fourth-order valence-corrected chi connectivity index (χ4v) is 4.80. The lowest BCUT2D eigenvalue weighted by molar-refractivity contribution is 0.0203. The van der Waals surface area contributed by atoms with Gasteiger partial charge in [0, 0.05) is 42.0 Å². The quantitative estimate of drug-likeness (QED) is 0.276. The van der Waals surface area contributed by atoms with Crippen molar-refractivity contribution in [2.75, 3.05) is 13.1 Å². The number of carbonyl (C=O) groups excluding carboxylic acids is 1. The summed E-state index contributed by atoms with van der Waals surface area (Å²) in [5.41, 5.74) is 4.08. The number of carbonyl (C=O) groups is 1. The van der Waals surface area contributed by atoms with Crippen LogP contribution in [0.25, 0.3) is 16.9 Å². The summed E-state index contributed by atoms with van der Waals surface area (Å²) in [6, 6.07) is 19.6. The number of hydrogen-bond donors (Lipinski definition) is 0. The molecule has 1 aliphatic rings. The third-order valence-electron chi connectivity index (χ3n) is 6.58. The van der Waals surface area contributed by atoms with E-state index in [2.05, 4.69) is 16.7 Å². The molecule has 5 rings (SSSR count). The highest BCUT2D eigenvalue weighted by Gasteiger charge is 2.29. The van der Waals surface area contributed by atoms with Crippen molar-refractivity contribution in [2.24, 2.45) is 4.99 Å². The number of rotatable bonds is 6. The molecule has 0 radical (unpaired) electrons. The van der Waals surface area contributed by atoms with Crippen molar-refractivity contribution in [1.29, 1.82) is 0 Å². The molecule has 0 N–H and O–H groups in total. The number of piperidine rings is 1. The van der Waals surface area contributed by atoms with Crippen molar-refractivity contribution < 1.29 is 14.3 Å². The Hall–Kier alpha value is -4.20. The molecule has 2 aromatic heterocycles. The molecule has 0 aliphatic carbocycles. The van der Waals surface area contributed by atoms with Gasteiger partial charge in [0.25, 0.3) is 0 Å². The van der Waals surface area contributed by atoms with Crippen molar-refractivity contribution in [3.05, 3.63) is 78.1 Å². The highest BCUT2D eigenvalue weighted by molar-refractivity contribution is 5.71. The molecule has 3 heterocycles. The van der Waals surface area contributed by atoms with Crippen LogP contribution >= 0.6 is 0 Å². The molecule has 1 aliphatic heterocycles. The molecule has 1 amide bonds. The van der Waals surface area contributed by atoms with Crippen LogP contribution in [0.1, 0.15) is 50.8 Å². The molecule has 0 saturated carbocycles. The molecular formula is C30H33N5O3. The second-order valence-electron chi connectivity index (χ2n) is 10.5. The summed E-state index contributed by atoms with van der Waals surface area (Å²) >= 11 is 0.